The van der Waals surface area contributed by atoms with E-state index in [2.05, 4.69) is 6.07 Å². The van der Waals surface area contributed by atoms with E-state index in [1.165, 1.54) is 33.3 Å². The van der Waals surface area contributed by atoms with Crippen LogP contribution in [0.4, 0.5) is 13.2 Å². The number of halogens is 3. The Morgan fingerprint density at radius 3 is 2.45 bits per heavy atom. The van der Waals surface area contributed by atoms with E-state index in [9.17, 15) is 38.2 Å². The first-order valence-corrected chi connectivity index (χ1v) is 21.0. The highest BCUT2D eigenvalue weighted by Gasteiger charge is 2.63. The monoisotopic (exact) mass is 880 g/mol. The lowest BCUT2D eigenvalue weighted by Gasteiger charge is -2.62. The molecule has 1 spiro atoms. The minimum Gasteiger partial charge on any atom is -0.504 e. The molecule has 4 bridgehead atoms. The maximum atomic E-state index is 15.2. The molecule has 0 unspecified atom stereocenters. The lowest BCUT2D eigenvalue weighted by atomic mass is 9.71. The third-order valence-electron chi connectivity index (χ3n) is 13.3. The molecular weight excluding hydrogens is 838 g/mol. The van der Waals surface area contributed by atoms with Gasteiger partial charge in [0.2, 0.25) is 12.7 Å². The van der Waals surface area contributed by atoms with Gasteiger partial charge < -0.3 is 43.5 Å². The molecule has 7 heterocycles. The number of alkyl halides is 3. The largest absolute Gasteiger partial charge is 0.504 e. The number of esters is 2. The fourth-order valence-corrected chi connectivity index (χ4v) is 12.6. The number of amides is 1. The topological polar surface area (TPSA) is 181 Å². The summed E-state index contributed by atoms with van der Waals surface area (Å²) >= 11 is 1.11. The van der Waals surface area contributed by atoms with E-state index in [4.69, 9.17) is 28.4 Å². The summed E-state index contributed by atoms with van der Waals surface area (Å²) in [5, 5.41) is 33.2. The number of nitriles is 1. The highest BCUT2D eigenvalue weighted by atomic mass is 32.2. The molecule has 0 aromatic heterocycles. The third kappa shape index (κ3) is 5.96. The molecule has 3 aromatic carbocycles. The Hall–Kier alpha value is -5.58. The maximum absolute atomic E-state index is 15.2. The van der Waals surface area contributed by atoms with Crippen LogP contribution in [-0.2, 0) is 37.5 Å². The van der Waals surface area contributed by atoms with Crippen molar-refractivity contribution in [2.24, 2.45) is 0 Å². The molecule has 15 nitrogen and oxygen atoms in total. The number of aryl methyl sites for hydroxylation is 1. The number of piperazine rings is 1. The van der Waals surface area contributed by atoms with Gasteiger partial charge in [0.15, 0.2) is 40.0 Å². The van der Waals surface area contributed by atoms with Crippen molar-refractivity contribution in [3.05, 3.63) is 62.7 Å². The van der Waals surface area contributed by atoms with Gasteiger partial charge in [-0.15, -0.1) is 11.8 Å². The van der Waals surface area contributed by atoms with Gasteiger partial charge in [-0.2, -0.15) is 18.4 Å². The van der Waals surface area contributed by atoms with Crippen LogP contribution in [0.15, 0.2) is 18.2 Å². The number of hydrogen-bond acceptors (Lipinski definition) is 15. The summed E-state index contributed by atoms with van der Waals surface area (Å²) < 4.78 is 78.1. The molecular formula is C43H43F3N4O11S. The molecule has 2 N–H and O–H groups in total. The summed E-state index contributed by atoms with van der Waals surface area (Å²) in [6.45, 7) is 3.72. The van der Waals surface area contributed by atoms with Crippen molar-refractivity contribution in [1.82, 2.24) is 14.7 Å². The highest BCUT2D eigenvalue weighted by Crippen LogP contribution is 2.65. The van der Waals surface area contributed by atoms with Crippen LogP contribution in [0.2, 0.25) is 0 Å². The van der Waals surface area contributed by atoms with Crippen LogP contribution in [0.1, 0.15) is 75.2 Å². The van der Waals surface area contributed by atoms with Crippen LogP contribution in [0, 0.1) is 25.2 Å². The number of carbonyl (C=O) groups is 3. The van der Waals surface area contributed by atoms with Crippen LogP contribution >= 0.6 is 11.8 Å². The normalized spacial score (nSPS) is 27.3. The third-order valence-corrected chi connectivity index (χ3v) is 14.8. The fraction of sp³-hybridized carbons (Fsp3) is 0.488. The van der Waals surface area contributed by atoms with Crippen LogP contribution in [0.5, 0.6) is 40.2 Å². The minimum atomic E-state index is -4.93. The van der Waals surface area contributed by atoms with Crippen molar-refractivity contribution in [3.63, 3.8) is 0 Å². The number of likely N-dealkylation sites (N-methyl/N-ethyl adjacent to an activating group) is 1. The number of carbonyl (C=O) groups excluding carboxylic acids is 3. The second-order valence-corrected chi connectivity index (χ2v) is 17.6. The molecule has 2 saturated heterocycles. The summed E-state index contributed by atoms with van der Waals surface area (Å²) in [5.74, 6) is -2.99. The maximum Gasteiger partial charge on any atom is 0.397 e. The highest BCUT2D eigenvalue weighted by molar-refractivity contribution is 7.99. The molecule has 3 aromatic rings. The number of phenols is 2. The summed E-state index contributed by atoms with van der Waals surface area (Å²) in [4.78, 5) is 47.2. The fourth-order valence-electron chi connectivity index (χ4n) is 10.9. The van der Waals surface area contributed by atoms with Gasteiger partial charge in [0.25, 0.3) is 0 Å². The van der Waals surface area contributed by atoms with Gasteiger partial charge >= 0.3 is 18.1 Å². The van der Waals surface area contributed by atoms with Crippen molar-refractivity contribution in [3.8, 4) is 46.3 Å². The Labute approximate surface area is 358 Å². The van der Waals surface area contributed by atoms with E-state index in [0.29, 0.717) is 45.6 Å². The predicted octanol–water partition coefficient (Wildman–Crippen LogP) is 5.18. The molecule has 19 heteroatoms. The Balaban J connectivity index is 1.35. The summed E-state index contributed by atoms with van der Waals surface area (Å²) in [6.07, 6.45) is -6.44. The zero-order valence-electron chi connectivity index (χ0n) is 34.5. The Kier molecular flexibility index (Phi) is 9.95. The molecule has 328 valence electrons. The number of fused-ring (bicyclic) bond motifs is 9. The molecule has 10 rings (SSSR count). The van der Waals surface area contributed by atoms with Crippen molar-refractivity contribution < 1.29 is 66.2 Å². The van der Waals surface area contributed by atoms with Gasteiger partial charge in [-0.25, -0.2) is 4.79 Å². The summed E-state index contributed by atoms with van der Waals surface area (Å²) in [5.41, 5.74) is 1.57. The van der Waals surface area contributed by atoms with Gasteiger partial charge in [0, 0.05) is 53.6 Å². The van der Waals surface area contributed by atoms with Gasteiger partial charge in [0.05, 0.1) is 37.6 Å². The van der Waals surface area contributed by atoms with Crippen LogP contribution in [-0.4, -0.2) is 114 Å². The number of nitrogens with zero attached hydrogens (tertiary/aromatic N) is 4. The first kappa shape index (κ1) is 41.8. The Morgan fingerprint density at radius 2 is 1.77 bits per heavy atom. The van der Waals surface area contributed by atoms with Crippen molar-refractivity contribution in [2.45, 2.75) is 87.2 Å². The van der Waals surface area contributed by atoms with E-state index in [-0.39, 0.29) is 59.8 Å². The Morgan fingerprint density at radius 1 is 1.03 bits per heavy atom. The van der Waals surface area contributed by atoms with E-state index >= 15 is 4.79 Å². The van der Waals surface area contributed by atoms with Gasteiger partial charge in [-0.05, 0) is 68.1 Å². The first-order chi connectivity index (χ1) is 29.5. The second kappa shape index (κ2) is 14.8. The quantitative estimate of drug-likeness (QED) is 0.259. The van der Waals surface area contributed by atoms with Gasteiger partial charge in [0.1, 0.15) is 24.8 Å². The molecule has 0 aliphatic carbocycles. The van der Waals surface area contributed by atoms with E-state index in [1.54, 1.807) is 6.92 Å². The molecule has 7 aliphatic heterocycles. The predicted molar refractivity (Wildman–Crippen MR) is 212 cm³/mol. The van der Waals surface area contributed by atoms with Gasteiger partial charge in [-0.1, -0.05) is 6.07 Å². The van der Waals surface area contributed by atoms with Crippen LogP contribution in [0.25, 0.3) is 0 Å². The van der Waals surface area contributed by atoms with E-state index < -0.39 is 83.8 Å². The SMILES string of the molecule is COc1cc2c(cc1O)CCN(C(=O)CC(F)(F)F)[C@]21CS[C@@H]2c3c(OC(C)=O)c(C)c4c(c3[C@H](COC1=O)N1[C@@H]2[C@H]2c3c(cc(C)c(OC)c3O)C[C@@H]([C@@H]1C#N)N2C)OCO4. The number of aromatic hydroxyl groups is 2. The van der Waals surface area contributed by atoms with E-state index in [0.717, 1.165) is 22.2 Å². The first-order valence-electron chi connectivity index (χ1n) is 20.0. The summed E-state index contributed by atoms with van der Waals surface area (Å²) in [7, 11) is 4.59. The minimum absolute atomic E-state index is 0.00381. The second-order valence-electron chi connectivity index (χ2n) is 16.5. The smallest absolute Gasteiger partial charge is 0.397 e. The Bertz CT molecular complexity index is 2500. The number of thioether (sulfide) groups is 1. The average molecular weight is 881 g/mol. The standard InChI is InChI=1S/C43H43F3N4O11S/c1-18-9-22-10-24-25(14-47)50-26-15-58-41(55)42(23-12-28(56-5)27(52)11-21(23)7-8-49(42)29(53)13-43(44,45)46)16-62-40(34(50)33(48(24)4)30(22)35(54)36(18)57-6)32-31(26)39-38(59-17-60-39)19(2)37(32)61-20(3)51/h9,11-12,24-26,33-34,40,52,54H,7-8,10,13,15-17H2,1-6H3/t24-,25-,26-,33+,34+,40+,42+/m0/s1. The number of methoxy groups -OCH3 is 2. The van der Waals surface area contributed by atoms with Crippen molar-refractivity contribution in [2.75, 3.05) is 47.0 Å². The van der Waals surface area contributed by atoms with E-state index in [1.807, 2.05) is 29.8 Å². The number of ether oxygens (including phenoxy) is 6. The van der Waals surface area contributed by atoms with Crippen molar-refractivity contribution in [1.29, 1.82) is 5.26 Å². The summed E-state index contributed by atoms with van der Waals surface area (Å²) in [6, 6.07) is 3.29. The molecule has 62 heavy (non-hydrogen) atoms. The number of benzene rings is 3. The zero-order valence-corrected chi connectivity index (χ0v) is 35.4. The van der Waals surface area contributed by atoms with Crippen LogP contribution in [0.3, 0.4) is 0 Å². The van der Waals surface area contributed by atoms with Crippen molar-refractivity contribution >= 4 is 29.6 Å². The molecule has 1 amide bonds. The number of hydrogen-bond donors (Lipinski definition) is 2. The number of rotatable bonds is 4. The molecule has 2 fully saturated rings. The van der Waals surface area contributed by atoms with Crippen LogP contribution < -0.4 is 23.7 Å². The number of phenolic OH excluding ortho intramolecular Hbond substituents is 2. The lowest BCUT2D eigenvalue weighted by molar-refractivity contribution is -0.178. The average Bonchev–Trinajstić information content (AvgIpc) is 3.70. The molecule has 0 radical (unpaired) electrons. The molecule has 0 saturated carbocycles. The lowest BCUT2D eigenvalue weighted by Crippen LogP contribution is -2.69. The van der Waals surface area contributed by atoms with Gasteiger partial charge in [-0.3, -0.25) is 19.4 Å². The zero-order chi connectivity index (χ0) is 44.3. The molecule has 7 aliphatic rings. The molecule has 7 atom stereocenters.